The van der Waals surface area contributed by atoms with Crippen LogP contribution < -0.4 is 0 Å². The van der Waals surface area contributed by atoms with Gasteiger partial charge in [0.15, 0.2) is 0 Å². The predicted molar refractivity (Wildman–Crippen MR) is 95.5 cm³/mol. The molecule has 23 heavy (non-hydrogen) atoms. The molecular weight excluding hydrogens is 326 g/mol. The topological polar surface area (TPSA) is 33.5 Å². The van der Waals surface area contributed by atoms with Crippen LogP contribution in [-0.4, -0.2) is 17.4 Å². The van der Waals surface area contributed by atoms with Gasteiger partial charge in [0.05, 0.1) is 12.5 Å². The summed E-state index contributed by atoms with van der Waals surface area (Å²) < 4.78 is 5.11. The minimum absolute atomic E-state index is 0.0222. The van der Waals surface area contributed by atoms with Gasteiger partial charge in [0.2, 0.25) is 5.91 Å². The van der Waals surface area contributed by atoms with Crippen molar-refractivity contribution in [3.05, 3.63) is 75.0 Å². The lowest BCUT2D eigenvalue weighted by molar-refractivity contribution is -0.126. The largest absolute Gasteiger partial charge is 0.472 e. The van der Waals surface area contributed by atoms with E-state index in [4.69, 9.17) is 4.42 Å². The first kappa shape index (κ1) is 15.8. The molecule has 3 nitrogen and oxygen atoms in total. The summed E-state index contributed by atoms with van der Waals surface area (Å²) in [6.07, 6.45) is 7.71. The van der Waals surface area contributed by atoms with Crippen LogP contribution in [0.5, 0.6) is 0 Å². The Morgan fingerprint density at radius 2 is 2.22 bits per heavy atom. The Morgan fingerprint density at radius 1 is 1.26 bits per heavy atom. The van der Waals surface area contributed by atoms with E-state index in [1.165, 1.54) is 4.88 Å². The van der Waals surface area contributed by atoms with Gasteiger partial charge in [-0.2, -0.15) is 11.3 Å². The molecule has 0 spiro atoms. The third kappa shape index (κ3) is 4.68. The van der Waals surface area contributed by atoms with Gasteiger partial charge in [0, 0.05) is 29.6 Å². The maximum Gasteiger partial charge on any atom is 0.246 e. The van der Waals surface area contributed by atoms with Crippen molar-refractivity contribution >= 4 is 34.7 Å². The van der Waals surface area contributed by atoms with Crippen LogP contribution in [0, 0.1) is 0 Å². The molecule has 3 rings (SSSR count). The number of amides is 1. The maximum absolute atomic E-state index is 12.5. The van der Waals surface area contributed by atoms with Gasteiger partial charge < -0.3 is 9.32 Å². The van der Waals surface area contributed by atoms with E-state index in [0.29, 0.717) is 13.1 Å². The Labute approximate surface area is 143 Å². The zero-order chi connectivity index (χ0) is 15.9. The number of hydrogen-bond acceptors (Lipinski definition) is 4. The van der Waals surface area contributed by atoms with Gasteiger partial charge >= 0.3 is 0 Å². The van der Waals surface area contributed by atoms with E-state index >= 15 is 0 Å². The van der Waals surface area contributed by atoms with Gasteiger partial charge in [-0.25, -0.2) is 0 Å². The van der Waals surface area contributed by atoms with Crippen molar-refractivity contribution in [3.63, 3.8) is 0 Å². The number of furan rings is 1. The summed E-state index contributed by atoms with van der Waals surface area (Å²) in [7, 11) is 0. The SMILES string of the molecule is O=C(C=Cc1ccsc1)N(CCc1cccs1)Cc1ccoc1. The Bertz CT molecular complexity index is 728. The van der Waals surface area contributed by atoms with Crippen molar-refractivity contribution in [1.29, 1.82) is 0 Å². The van der Waals surface area contributed by atoms with E-state index in [1.54, 1.807) is 41.3 Å². The van der Waals surface area contributed by atoms with Crippen LogP contribution in [0.4, 0.5) is 0 Å². The van der Waals surface area contributed by atoms with Crippen molar-refractivity contribution in [3.8, 4) is 0 Å². The lowest BCUT2D eigenvalue weighted by Crippen LogP contribution is -2.30. The predicted octanol–water partition coefficient (Wildman–Crippen LogP) is 4.69. The van der Waals surface area contributed by atoms with Gasteiger partial charge in [-0.15, -0.1) is 11.3 Å². The second-order valence-electron chi connectivity index (χ2n) is 5.11. The molecule has 5 heteroatoms. The number of carbonyl (C=O) groups excluding carboxylic acids is 1. The molecular formula is C18H17NO2S2. The first-order chi connectivity index (χ1) is 11.3. The van der Waals surface area contributed by atoms with Gasteiger partial charge in [-0.3, -0.25) is 4.79 Å². The minimum atomic E-state index is 0.0222. The summed E-state index contributed by atoms with van der Waals surface area (Å²) in [6, 6.07) is 8.04. The van der Waals surface area contributed by atoms with Crippen molar-refractivity contribution in [2.45, 2.75) is 13.0 Å². The van der Waals surface area contributed by atoms with E-state index in [1.807, 2.05) is 39.9 Å². The van der Waals surface area contributed by atoms with Crippen molar-refractivity contribution in [1.82, 2.24) is 4.90 Å². The van der Waals surface area contributed by atoms with Crippen LogP contribution in [0.3, 0.4) is 0 Å². The standard InChI is InChI=1S/C18H17NO2S2/c20-18(4-3-15-7-11-22-14-15)19(12-16-6-9-21-13-16)8-5-17-2-1-10-23-17/h1-4,6-7,9-11,13-14H,5,8,12H2. The smallest absolute Gasteiger partial charge is 0.246 e. The molecule has 0 radical (unpaired) electrons. The highest BCUT2D eigenvalue weighted by molar-refractivity contribution is 7.09. The maximum atomic E-state index is 12.5. The molecule has 0 bridgehead atoms. The van der Waals surface area contributed by atoms with Crippen molar-refractivity contribution in [2.24, 2.45) is 0 Å². The molecule has 3 aromatic heterocycles. The fraction of sp³-hybridized carbons (Fsp3) is 0.167. The summed E-state index contributed by atoms with van der Waals surface area (Å²) in [4.78, 5) is 15.7. The molecule has 0 saturated heterocycles. The fourth-order valence-corrected chi connectivity index (χ4v) is 3.54. The normalized spacial score (nSPS) is 11.1. The number of nitrogens with zero attached hydrogens (tertiary/aromatic N) is 1. The van der Waals surface area contributed by atoms with E-state index in [9.17, 15) is 4.79 Å². The zero-order valence-electron chi connectivity index (χ0n) is 12.6. The Hall–Kier alpha value is -2.11. The lowest BCUT2D eigenvalue weighted by Gasteiger charge is -2.20. The third-order valence-corrected chi connectivity index (χ3v) is 5.07. The Balaban J connectivity index is 1.66. The highest BCUT2D eigenvalue weighted by atomic mass is 32.1. The fourth-order valence-electron chi connectivity index (χ4n) is 2.21. The van der Waals surface area contributed by atoms with Gasteiger partial charge in [0.1, 0.15) is 0 Å². The molecule has 3 aromatic rings. The molecule has 1 amide bonds. The highest BCUT2D eigenvalue weighted by Crippen LogP contribution is 2.13. The van der Waals surface area contributed by atoms with E-state index in [0.717, 1.165) is 17.5 Å². The average Bonchev–Trinajstić information content (AvgIpc) is 3.32. The summed E-state index contributed by atoms with van der Waals surface area (Å²) in [5.41, 5.74) is 2.07. The first-order valence-electron chi connectivity index (χ1n) is 7.34. The molecule has 0 aromatic carbocycles. The van der Waals surface area contributed by atoms with Crippen LogP contribution >= 0.6 is 22.7 Å². The second kappa shape index (κ2) is 7.94. The summed E-state index contributed by atoms with van der Waals surface area (Å²) >= 11 is 3.35. The molecule has 0 fully saturated rings. The molecule has 0 aliphatic heterocycles. The van der Waals surface area contributed by atoms with Crippen LogP contribution in [0.2, 0.25) is 0 Å². The lowest BCUT2D eigenvalue weighted by atomic mass is 10.2. The molecule has 0 N–H and O–H groups in total. The van der Waals surface area contributed by atoms with Crippen molar-refractivity contribution in [2.75, 3.05) is 6.54 Å². The molecule has 0 aliphatic carbocycles. The van der Waals surface area contributed by atoms with Crippen LogP contribution in [0.1, 0.15) is 16.0 Å². The third-order valence-electron chi connectivity index (χ3n) is 3.43. The summed E-state index contributed by atoms with van der Waals surface area (Å²) in [5.74, 6) is 0.0222. The molecule has 0 aliphatic rings. The number of rotatable bonds is 7. The summed E-state index contributed by atoms with van der Waals surface area (Å²) in [5, 5.41) is 6.09. The monoisotopic (exact) mass is 343 g/mol. The first-order valence-corrected chi connectivity index (χ1v) is 9.16. The van der Waals surface area contributed by atoms with Crippen molar-refractivity contribution < 1.29 is 9.21 Å². The van der Waals surface area contributed by atoms with Gasteiger partial charge in [-0.05, 0) is 52.4 Å². The van der Waals surface area contributed by atoms with E-state index in [-0.39, 0.29) is 5.91 Å². The molecule has 0 saturated carbocycles. The molecule has 0 unspecified atom stereocenters. The number of carbonyl (C=O) groups is 1. The van der Waals surface area contributed by atoms with Gasteiger partial charge in [-0.1, -0.05) is 6.07 Å². The average molecular weight is 343 g/mol. The zero-order valence-corrected chi connectivity index (χ0v) is 14.2. The van der Waals surface area contributed by atoms with Crippen LogP contribution in [-0.2, 0) is 17.8 Å². The molecule has 0 atom stereocenters. The minimum Gasteiger partial charge on any atom is -0.472 e. The molecule has 118 valence electrons. The van der Waals surface area contributed by atoms with E-state index in [2.05, 4.69) is 11.4 Å². The summed E-state index contributed by atoms with van der Waals surface area (Å²) in [6.45, 7) is 1.26. The second-order valence-corrected chi connectivity index (χ2v) is 6.92. The Kier molecular flexibility index (Phi) is 5.45. The quantitative estimate of drug-likeness (QED) is 0.583. The van der Waals surface area contributed by atoms with Gasteiger partial charge in [0.25, 0.3) is 0 Å². The molecule has 3 heterocycles. The number of hydrogen-bond donors (Lipinski definition) is 0. The number of thiophene rings is 2. The van der Waals surface area contributed by atoms with E-state index < -0.39 is 0 Å². The van der Waals surface area contributed by atoms with Crippen LogP contribution in [0.25, 0.3) is 6.08 Å². The Morgan fingerprint density at radius 3 is 2.91 bits per heavy atom. The highest BCUT2D eigenvalue weighted by Gasteiger charge is 2.12. The van der Waals surface area contributed by atoms with Crippen LogP contribution in [0.15, 0.2) is 63.4 Å².